The van der Waals surface area contributed by atoms with Crippen molar-refractivity contribution in [2.45, 2.75) is 0 Å². The van der Waals surface area contributed by atoms with Crippen molar-refractivity contribution in [1.29, 1.82) is 0 Å². The molecule has 0 heterocycles. The lowest BCUT2D eigenvalue weighted by molar-refractivity contribution is 0.213. The Hall–Kier alpha value is -1.15. The van der Waals surface area contributed by atoms with Gasteiger partial charge in [0.15, 0.2) is 0 Å². The molecule has 0 amide bonds. The molecule has 0 bridgehead atoms. The van der Waals surface area contributed by atoms with Gasteiger partial charge in [0.2, 0.25) is 0 Å². The molecule has 1 rings (SSSR count). The van der Waals surface area contributed by atoms with Crippen molar-refractivity contribution in [3.05, 3.63) is 34.9 Å². The molecule has 0 aromatic heterocycles. The molecule has 0 radical (unpaired) electrons. The molecular formula is C11H16ClN3O3S. The first-order valence-electron chi connectivity index (χ1n) is 5.40. The summed E-state index contributed by atoms with van der Waals surface area (Å²) in [5.41, 5.74) is 1.19. The van der Waals surface area contributed by atoms with Crippen molar-refractivity contribution in [3.8, 4) is 0 Å². The molecule has 19 heavy (non-hydrogen) atoms. The molecule has 106 valence electrons. The molecule has 1 N–H and O–H groups in total. The molecule has 0 aliphatic heterocycles. The minimum Gasteiger partial charge on any atom is -0.399 e. The third kappa shape index (κ3) is 4.79. The number of hydrogen-bond acceptors (Lipinski definition) is 4. The zero-order valence-corrected chi connectivity index (χ0v) is 12.5. The van der Waals surface area contributed by atoms with Crippen LogP contribution in [0.2, 0.25) is 5.02 Å². The van der Waals surface area contributed by atoms with Crippen LogP contribution in [0.15, 0.2) is 29.4 Å². The summed E-state index contributed by atoms with van der Waals surface area (Å²) in [6, 6.07) is 6.87. The molecule has 0 aliphatic rings. The summed E-state index contributed by atoms with van der Waals surface area (Å²) in [6.07, 6.45) is 0. The smallest absolute Gasteiger partial charge is 0.279 e. The third-order valence-corrected chi connectivity index (χ3v) is 4.00. The minimum atomic E-state index is -3.51. The normalized spacial score (nSPS) is 12.8. The predicted molar refractivity (Wildman–Crippen MR) is 75.6 cm³/mol. The van der Waals surface area contributed by atoms with Gasteiger partial charge in [-0.25, -0.2) is 0 Å². The summed E-state index contributed by atoms with van der Waals surface area (Å²) in [6.45, 7) is 0.0238. The Kier molecular flexibility index (Phi) is 5.74. The van der Waals surface area contributed by atoms with Crippen molar-refractivity contribution in [2.24, 2.45) is 5.16 Å². The van der Waals surface area contributed by atoms with Gasteiger partial charge in [0, 0.05) is 24.7 Å². The highest BCUT2D eigenvalue weighted by Crippen LogP contribution is 2.10. The maximum absolute atomic E-state index is 11.6. The summed E-state index contributed by atoms with van der Waals surface area (Å²) < 4.78 is 26.7. The summed E-state index contributed by atoms with van der Waals surface area (Å²) in [5, 5.41) is 4.41. The first-order valence-corrected chi connectivity index (χ1v) is 7.21. The van der Waals surface area contributed by atoms with Crippen LogP contribution in [0.5, 0.6) is 0 Å². The number of nitrogens with zero attached hydrogens (tertiary/aromatic N) is 2. The molecule has 0 fully saturated rings. The van der Waals surface area contributed by atoms with E-state index < -0.39 is 10.2 Å². The van der Waals surface area contributed by atoms with Gasteiger partial charge >= 0.3 is 0 Å². The Morgan fingerprint density at radius 1 is 1.37 bits per heavy atom. The average molecular weight is 306 g/mol. The predicted octanol–water partition coefficient (Wildman–Crippen LogP) is 1.09. The zero-order chi connectivity index (χ0) is 14.5. The molecule has 1 aromatic rings. The van der Waals surface area contributed by atoms with E-state index in [0.29, 0.717) is 10.7 Å². The highest BCUT2D eigenvalue weighted by Gasteiger charge is 2.15. The van der Waals surface area contributed by atoms with Gasteiger partial charge in [0.25, 0.3) is 10.2 Å². The fourth-order valence-electron chi connectivity index (χ4n) is 1.23. The van der Waals surface area contributed by atoms with Gasteiger partial charge < -0.3 is 4.84 Å². The van der Waals surface area contributed by atoms with Crippen molar-refractivity contribution in [1.82, 2.24) is 9.03 Å². The second-order valence-electron chi connectivity index (χ2n) is 3.84. The van der Waals surface area contributed by atoms with Crippen molar-refractivity contribution < 1.29 is 13.3 Å². The van der Waals surface area contributed by atoms with Crippen LogP contribution in [-0.2, 0) is 15.0 Å². The molecular weight excluding hydrogens is 290 g/mol. The molecule has 8 heteroatoms. The fraction of sp³-hybridized carbons (Fsp3) is 0.364. The summed E-state index contributed by atoms with van der Waals surface area (Å²) in [4.78, 5) is 4.72. The van der Waals surface area contributed by atoms with Crippen molar-refractivity contribution >= 4 is 27.5 Å². The lowest BCUT2D eigenvalue weighted by Gasteiger charge is -2.13. The van der Waals surface area contributed by atoms with Crippen LogP contribution >= 0.6 is 11.6 Å². The Morgan fingerprint density at radius 3 is 2.42 bits per heavy atom. The molecule has 0 unspecified atom stereocenters. The SMILES string of the molecule is CO/N=C(/CNS(=O)(=O)N(C)C)c1ccc(Cl)cc1. The lowest BCUT2D eigenvalue weighted by Crippen LogP contribution is -2.38. The third-order valence-electron chi connectivity index (χ3n) is 2.28. The molecule has 0 aliphatic carbocycles. The summed E-state index contributed by atoms with van der Waals surface area (Å²) in [7, 11) is 0.777. The highest BCUT2D eigenvalue weighted by molar-refractivity contribution is 7.87. The van der Waals surface area contributed by atoms with Gasteiger partial charge in [0.1, 0.15) is 12.8 Å². The van der Waals surface area contributed by atoms with E-state index in [0.717, 1.165) is 9.87 Å². The number of rotatable bonds is 6. The van der Waals surface area contributed by atoms with E-state index in [2.05, 4.69) is 9.88 Å². The zero-order valence-electron chi connectivity index (χ0n) is 10.9. The number of hydrogen-bond donors (Lipinski definition) is 1. The Morgan fingerprint density at radius 2 is 1.95 bits per heavy atom. The van der Waals surface area contributed by atoms with Gasteiger partial charge in [-0.05, 0) is 12.1 Å². The number of benzene rings is 1. The average Bonchev–Trinajstić information content (AvgIpc) is 2.35. The number of oxime groups is 1. The van der Waals surface area contributed by atoms with E-state index in [-0.39, 0.29) is 6.54 Å². The topological polar surface area (TPSA) is 71.0 Å². The summed E-state index contributed by atoms with van der Waals surface area (Å²) >= 11 is 5.80. The molecule has 0 atom stereocenters. The van der Waals surface area contributed by atoms with E-state index in [4.69, 9.17) is 16.4 Å². The maximum atomic E-state index is 11.6. The van der Waals surface area contributed by atoms with Crippen molar-refractivity contribution in [3.63, 3.8) is 0 Å². The van der Waals surface area contributed by atoms with Gasteiger partial charge in [-0.1, -0.05) is 28.9 Å². The van der Waals surface area contributed by atoms with Crippen LogP contribution in [0.25, 0.3) is 0 Å². The van der Waals surface area contributed by atoms with E-state index in [9.17, 15) is 8.42 Å². The maximum Gasteiger partial charge on any atom is 0.279 e. The monoisotopic (exact) mass is 305 g/mol. The van der Waals surface area contributed by atoms with Crippen LogP contribution < -0.4 is 4.72 Å². The quantitative estimate of drug-likeness (QED) is 0.631. The van der Waals surface area contributed by atoms with Crippen LogP contribution in [0, 0.1) is 0 Å². The Bertz CT molecular complexity index is 541. The molecule has 0 spiro atoms. The molecule has 1 aromatic carbocycles. The number of nitrogens with one attached hydrogen (secondary N) is 1. The van der Waals surface area contributed by atoms with E-state index >= 15 is 0 Å². The largest absolute Gasteiger partial charge is 0.399 e. The van der Waals surface area contributed by atoms with Gasteiger partial charge in [0.05, 0.1) is 6.54 Å². The summed E-state index contributed by atoms with van der Waals surface area (Å²) in [5.74, 6) is 0. The number of halogens is 1. The highest BCUT2D eigenvalue weighted by atomic mass is 35.5. The first-order chi connectivity index (χ1) is 8.86. The van der Waals surface area contributed by atoms with E-state index in [1.165, 1.54) is 21.2 Å². The van der Waals surface area contributed by atoms with Crippen LogP contribution in [0.3, 0.4) is 0 Å². The minimum absolute atomic E-state index is 0.0238. The molecule has 0 saturated heterocycles. The van der Waals surface area contributed by atoms with Gasteiger partial charge in [-0.15, -0.1) is 0 Å². The standard InChI is InChI=1S/C11H16ClN3O3S/c1-15(2)19(16,17)13-8-11(14-18-3)9-4-6-10(12)7-5-9/h4-7,13H,8H2,1-3H3/b14-11-. The second kappa shape index (κ2) is 6.85. The lowest BCUT2D eigenvalue weighted by atomic mass is 10.1. The van der Waals surface area contributed by atoms with E-state index in [1.807, 2.05) is 0 Å². The first kappa shape index (κ1) is 15.9. The molecule has 6 nitrogen and oxygen atoms in total. The fourth-order valence-corrected chi connectivity index (χ4v) is 1.93. The second-order valence-corrected chi connectivity index (χ2v) is 6.24. The van der Waals surface area contributed by atoms with Crippen LogP contribution in [0.1, 0.15) is 5.56 Å². The van der Waals surface area contributed by atoms with Crippen molar-refractivity contribution in [2.75, 3.05) is 27.7 Å². The Balaban J connectivity index is 2.86. The Labute approximate surface area is 118 Å². The van der Waals surface area contributed by atoms with Crippen LogP contribution in [-0.4, -0.2) is 46.2 Å². The van der Waals surface area contributed by atoms with E-state index in [1.54, 1.807) is 24.3 Å². The van der Waals surface area contributed by atoms with Gasteiger partial charge in [-0.2, -0.15) is 17.4 Å². The molecule has 0 saturated carbocycles. The van der Waals surface area contributed by atoms with Crippen LogP contribution in [0.4, 0.5) is 0 Å². The van der Waals surface area contributed by atoms with Gasteiger partial charge in [-0.3, -0.25) is 0 Å².